The summed E-state index contributed by atoms with van der Waals surface area (Å²) in [4.78, 5) is 8.09. The summed E-state index contributed by atoms with van der Waals surface area (Å²) in [6.45, 7) is 4.52. The molecule has 1 unspecified atom stereocenters. The average molecular weight is 601 g/mol. The minimum atomic E-state index is -5.16. The van der Waals surface area contributed by atoms with Gasteiger partial charge in [-0.25, -0.2) is 8.42 Å². The van der Waals surface area contributed by atoms with Gasteiger partial charge in [-0.2, -0.15) is 13.2 Å². The molecular weight excluding hydrogens is 565 g/mol. The lowest BCUT2D eigenvalue weighted by Crippen LogP contribution is -2.21. The normalized spacial score (nSPS) is 12.4. The second kappa shape index (κ2) is 14.6. The first-order chi connectivity index (χ1) is 18.6. The van der Waals surface area contributed by atoms with Crippen LogP contribution in [0.15, 0.2) is 87.5 Å². The lowest BCUT2D eigenvalue weighted by atomic mass is 10.3. The highest BCUT2D eigenvalue weighted by molar-refractivity contribution is 7.97. The van der Waals surface area contributed by atoms with Crippen LogP contribution in [0.4, 0.5) is 24.5 Å². The molecule has 0 aromatic heterocycles. The van der Waals surface area contributed by atoms with Gasteiger partial charge in [0.2, 0.25) is 0 Å². The molecule has 0 aliphatic carbocycles. The van der Waals surface area contributed by atoms with Crippen molar-refractivity contribution in [1.29, 1.82) is 0 Å². The van der Waals surface area contributed by atoms with Crippen molar-refractivity contribution < 1.29 is 35.6 Å². The van der Waals surface area contributed by atoms with Crippen molar-refractivity contribution >= 4 is 32.4 Å². The van der Waals surface area contributed by atoms with Crippen LogP contribution in [-0.4, -0.2) is 66.0 Å². The van der Waals surface area contributed by atoms with E-state index in [0.29, 0.717) is 6.61 Å². The lowest BCUT2D eigenvalue weighted by molar-refractivity contribution is -0.107. The van der Waals surface area contributed by atoms with Crippen LogP contribution >= 0.6 is 0 Å². The molecule has 3 aromatic rings. The van der Waals surface area contributed by atoms with Crippen molar-refractivity contribution in [2.75, 3.05) is 50.4 Å². The maximum Gasteiger partial charge on any atom is 0.401 e. The molecule has 0 aliphatic heterocycles. The van der Waals surface area contributed by atoms with E-state index in [9.17, 15) is 26.1 Å². The molecule has 220 valence electrons. The second-order valence-corrected chi connectivity index (χ2v) is 12.4. The zero-order valence-corrected chi connectivity index (χ0v) is 24.9. The van der Waals surface area contributed by atoms with E-state index in [4.69, 9.17) is 9.47 Å². The van der Waals surface area contributed by atoms with Gasteiger partial charge in [-0.3, -0.25) is 0 Å². The Kier molecular flexibility index (Phi) is 12.2. The lowest BCUT2D eigenvalue weighted by Gasteiger charge is -2.16. The molecule has 0 saturated carbocycles. The Labute approximate surface area is 237 Å². The SMILES string of the molecule is CCOC(C)Oc1ccc([S+](c2ccc(N(C)C)cc2)c2ccc(N(C)C)cc2)cc1.O=S(=O)([O-])CC(F)(F)F. The largest absolute Gasteiger partial charge is 0.748 e. The molecule has 3 rings (SSSR count). The Bertz CT molecular complexity index is 1230. The van der Waals surface area contributed by atoms with Crippen LogP contribution in [0, 0.1) is 0 Å². The molecule has 0 saturated heterocycles. The molecule has 3 aromatic carbocycles. The van der Waals surface area contributed by atoms with Gasteiger partial charge < -0.3 is 23.8 Å². The summed E-state index contributed by atoms with van der Waals surface area (Å²) < 4.78 is 72.4. The van der Waals surface area contributed by atoms with Crippen LogP contribution in [0.5, 0.6) is 5.75 Å². The molecule has 1 atom stereocenters. The molecule has 0 aliphatic rings. The first-order valence-electron chi connectivity index (χ1n) is 12.3. The van der Waals surface area contributed by atoms with Gasteiger partial charge in [0.25, 0.3) is 0 Å². The molecule has 0 bridgehead atoms. The van der Waals surface area contributed by atoms with Crippen molar-refractivity contribution in [2.45, 2.75) is 41.0 Å². The molecule has 0 spiro atoms. The summed E-state index contributed by atoms with van der Waals surface area (Å²) in [6.07, 6.45) is -5.17. The first kappa shape index (κ1) is 33.3. The Balaban J connectivity index is 0.000000536. The topological polar surface area (TPSA) is 82.1 Å². The number of benzene rings is 3. The molecule has 40 heavy (non-hydrogen) atoms. The fourth-order valence-electron chi connectivity index (χ4n) is 3.48. The average Bonchev–Trinajstić information content (AvgIpc) is 2.84. The van der Waals surface area contributed by atoms with Crippen LogP contribution in [-0.2, 0) is 25.7 Å². The van der Waals surface area contributed by atoms with Crippen LogP contribution in [0.3, 0.4) is 0 Å². The van der Waals surface area contributed by atoms with E-state index >= 15 is 0 Å². The zero-order valence-electron chi connectivity index (χ0n) is 23.3. The number of rotatable bonds is 10. The molecule has 0 N–H and O–H groups in total. The molecule has 0 heterocycles. The molecule has 0 amide bonds. The third-order valence-corrected chi connectivity index (χ3v) is 8.19. The molecule has 12 heteroatoms. The summed E-state index contributed by atoms with van der Waals surface area (Å²) >= 11 is 0. The van der Waals surface area contributed by atoms with E-state index in [1.807, 2.05) is 26.0 Å². The van der Waals surface area contributed by atoms with E-state index in [1.54, 1.807) is 0 Å². The Morgan fingerprint density at radius 2 is 1.18 bits per heavy atom. The zero-order chi connectivity index (χ0) is 30.1. The van der Waals surface area contributed by atoms with E-state index in [1.165, 1.54) is 26.1 Å². The van der Waals surface area contributed by atoms with Crippen molar-refractivity contribution in [3.63, 3.8) is 0 Å². The van der Waals surface area contributed by atoms with E-state index in [-0.39, 0.29) is 17.2 Å². The quantitative estimate of drug-likeness (QED) is 0.166. The van der Waals surface area contributed by atoms with Gasteiger partial charge >= 0.3 is 6.18 Å². The number of hydrogen-bond donors (Lipinski definition) is 0. The minimum absolute atomic E-state index is 0.206. The van der Waals surface area contributed by atoms with E-state index in [2.05, 4.69) is 98.7 Å². The van der Waals surface area contributed by atoms with Crippen molar-refractivity contribution in [2.24, 2.45) is 0 Å². The first-order valence-corrected chi connectivity index (χ1v) is 15.1. The van der Waals surface area contributed by atoms with E-state index in [0.717, 1.165) is 5.75 Å². The van der Waals surface area contributed by atoms with Gasteiger partial charge in [0.05, 0.1) is 10.9 Å². The van der Waals surface area contributed by atoms with Gasteiger partial charge in [0.1, 0.15) is 21.6 Å². The molecule has 0 radical (unpaired) electrons. The van der Waals surface area contributed by atoms with Gasteiger partial charge in [-0.05, 0) is 86.6 Å². The van der Waals surface area contributed by atoms with Gasteiger partial charge in [0, 0.05) is 46.2 Å². The smallest absolute Gasteiger partial charge is 0.401 e. The summed E-state index contributed by atoms with van der Waals surface area (Å²) in [5, 5.41) is 0. The van der Waals surface area contributed by atoms with Crippen LogP contribution in [0.1, 0.15) is 13.8 Å². The highest BCUT2D eigenvalue weighted by Crippen LogP contribution is 2.34. The maximum absolute atomic E-state index is 11.0. The summed E-state index contributed by atoms with van der Waals surface area (Å²) in [6, 6.07) is 26.1. The number of halogens is 3. The Morgan fingerprint density at radius 3 is 1.45 bits per heavy atom. The van der Waals surface area contributed by atoms with E-state index < -0.39 is 22.0 Å². The van der Waals surface area contributed by atoms with Crippen molar-refractivity contribution in [3.8, 4) is 5.75 Å². The fourth-order valence-corrected chi connectivity index (χ4v) is 5.93. The number of alkyl halides is 3. The summed E-state index contributed by atoms with van der Waals surface area (Å²) in [7, 11) is 2.90. The number of ether oxygens (including phenoxy) is 2. The molecule has 7 nitrogen and oxygen atoms in total. The fraction of sp³-hybridized carbons (Fsp3) is 0.357. The predicted molar refractivity (Wildman–Crippen MR) is 152 cm³/mol. The summed E-state index contributed by atoms with van der Waals surface area (Å²) in [5.41, 5.74) is 2.40. The van der Waals surface area contributed by atoms with Crippen molar-refractivity contribution in [1.82, 2.24) is 0 Å². The highest BCUT2D eigenvalue weighted by Gasteiger charge is 2.30. The Morgan fingerprint density at radius 1 is 0.800 bits per heavy atom. The third kappa shape index (κ3) is 11.3. The number of nitrogens with zero attached hydrogens (tertiary/aromatic N) is 2. The molecule has 0 fully saturated rings. The van der Waals surface area contributed by atoms with Crippen LogP contribution < -0.4 is 14.5 Å². The second-order valence-electron chi connectivity index (χ2n) is 9.01. The van der Waals surface area contributed by atoms with Gasteiger partial charge in [0.15, 0.2) is 21.0 Å². The van der Waals surface area contributed by atoms with Crippen LogP contribution in [0.2, 0.25) is 0 Å². The minimum Gasteiger partial charge on any atom is -0.748 e. The van der Waals surface area contributed by atoms with Crippen molar-refractivity contribution in [3.05, 3.63) is 72.8 Å². The number of hydrogen-bond acceptors (Lipinski definition) is 7. The van der Waals surface area contributed by atoms with Gasteiger partial charge in [-0.15, -0.1) is 0 Å². The van der Waals surface area contributed by atoms with Gasteiger partial charge in [-0.1, -0.05) is 0 Å². The predicted octanol–water partition coefficient (Wildman–Crippen LogP) is 5.77. The standard InChI is InChI=1S/C26H33N2O2S.C2H3F3O3S/c1-7-29-20(2)30-23-12-18-26(19-13-23)31(24-14-8-21(9-15-24)27(3)4)25-16-10-22(11-17-25)28(5)6;3-2(4,5)1-9(6,7)8/h8-20H,7H2,1-6H3;1H2,(H,6,7,8)/q+1;/p-1. The highest BCUT2D eigenvalue weighted by atomic mass is 32.2. The maximum atomic E-state index is 11.0. The molecular formula is C28H35F3N2O5S2. The Hall–Kier alpha value is -2.93. The monoisotopic (exact) mass is 600 g/mol. The summed E-state index contributed by atoms with van der Waals surface area (Å²) in [5.74, 6) is -1.47. The third-order valence-electron chi connectivity index (χ3n) is 5.28. The number of anilines is 2. The van der Waals surface area contributed by atoms with Crippen LogP contribution in [0.25, 0.3) is 0 Å².